The van der Waals surface area contributed by atoms with Crippen LogP contribution in [-0.2, 0) is 16.6 Å². The molecule has 5 nitrogen and oxygen atoms in total. The molecule has 8 heteroatoms. The lowest BCUT2D eigenvalue weighted by molar-refractivity contribution is 0.601. The third-order valence-corrected chi connectivity index (χ3v) is 5.49. The summed E-state index contributed by atoms with van der Waals surface area (Å²) in [5.41, 5.74) is 6.98. The number of benzene rings is 1. The van der Waals surface area contributed by atoms with Crippen molar-refractivity contribution in [1.29, 1.82) is 0 Å². The first-order valence-electron chi connectivity index (χ1n) is 6.30. The molecule has 0 atom stereocenters. The van der Waals surface area contributed by atoms with Gasteiger partial charge in [0.05, 0.1) is 10.6 Å². The number of hydrogen-bond acceptors (Lipinski definition) is 5. The van der Waals surface area contributed by atoms with E-state index in [2.05, 4.69) is 9.71 Å². The second kappa shape index (κ2) is 6.31. The Morgan fingerprint density at radius 2 is 2.14 bits per heavy atom. The van der Waals surface area contributed by atoms with Crippen molar-refractivity contribution in [2.24, 2.45) is 5.73 Å². The van der Waals surface area contributed by atoms with Crippen molar-refractivity contribution in [3.8, 4) is 0 Å². The molecule has 0 aliphatic carbocycles. The molecule has 1 heterocycles. The zero-order valence-electron chi connectivity index (χ0n) is 11.6. The summed E-state index contributed by atoms with van der Waals surface area (Å²) in [6.07, 6.45) is 0. The molecule has 21 heavy (non-hydrogen) atoms. The molecular weight excluding hydrogens is 330 g/mol. The highest BCUT2D eigenvalue weighted by Crippen LogP contribution is 2.25. The fourth-order valence-electron chi connectivity index (χ4n) is 1.65. The molecule has 0 amide bonds. The Morgan fingerprint density at radius 3 is 2.71 bits per heavy atom. The molecule has 0 aliphatic rings. The van der Waals surface area contributed by atoms with Gasteiger partial charge in [0.25, 0.3) is 10.0 Å². The van der Waals surface area contributed by atoms with Gasteiger partial charge in [-0.2, -0.15) is 0 Å². The highest BCUT2D eigenvalue weighted by molar-refractivity contribution is 7.93. The fourth-order valence-corrected chi connectivity index (χ4v) is 4.02. The molecule has 0 unspecified atom stereocenters. The van der Waals surface area contributed by atoms with Crippen LogP contribution < -0.4 is 10.5 Å². The highest BCUT2D eigenvalue weighted by Gasteiger charge is 2.18. The van der Waals surface area contributed by atoms with Crippen molar-refractivity contribution in [2.75, 3.05) is 4.72 Å². The van der Waals surface area contributed by atoms with E-state index in [-0.39, 0.29) is 17.4 Å². The Kier molecular flexibility index (Phi) is 4.88. The Labute approximate surface area is 133 Å². The second-order valence-electron chi connectivity index (χ2n) is 4.80. The monoisotopic (exact) mass is 345 g/mol. The van der Waals surface area contributed by atoms with Crippen LogP contribution in [-0.4, -0.2) is 13.4 Å². The Hall–Kier alpha value is -1.15. The van der Waals surface area contributed by atoms with Gasteiger partial charge in [-0.25, -0.2) is 13.4 Å². The molecule has 0 radical (unpaired) electrons. The predicted octanol–water partition coefficient (Wildman–Crippen LogP) is 3.18. The summed E-state index contributed by atoms with van der Waals surface area (Å²) in [5, 5.41) is 2.64. The van der Waals surface area contributed by atoms with Crippen LogP contribution in [0.25, 0.3) is 0 Å². The number of hydrogen-bond donors (Lipinski definition) is 2. The first-order chi connectivity index (χ1) is 9.83. The minimum Gasteiger partial charge on any atom is -0.326 e. The Morgan fingerprint density at radius 1 is 1.43 bits per heavy atom. The third-order valence-electron chi connectivity index (χ3n) is 2.88. The minimum absolute atomic E-state index is 0.119. The summed E-state index contributed by atoms with van der Waals surface area (Å²) in [5.74, 6) is 0.249. The molecule has 0 aliphatic heterocycles. The molecule has 2 rings (SSSR count). The molecule has 114 valence electrons. The number of nitrogens with one attached hydrogen (secondary N) is 1. The maximum absolute atomic E-state index is 12.3. The van der Waals surface area contributed by atoms with Crippen LogP contribution in [0.3, 0.4) is 0 Å². The lowest BCUT2D eigenvalue weighted by Gasteiger charge is -2.08. The number of halogens is 1. The van der Waals surface area contributed by atoms with Gasteiger partial charge in [0, 0.05) is 16.9 Å². The maximum Gasteiger partial charge on any atom is 0.263 e. The van der Waals surface area contributed by atoms with Gasteiger partial charge in [-0.1, -0.05) is 25.4 Å². The Bertz CT molecular complexity index is 742. The Balaban J connectivity index is 2.29. The standard InChI is InChI=1S/C13H16ClN3O2S2/c1-8(2)12-7-20-13(16-12)17-21(18,19)10-3-4-11(14)9(5-10)6-15/h3-5,7-8H,6,15H2,1-2H3,(H,16,17). The normalized spacial score (nSPS) is 11.9. The average Bonchev–Trinajstić information content (AvgIpc) is 2.87. The van der Waals surface area contributed by atoms with Crippen LogP contribution in [0.5, 0.6) is 0 Å². The van der Waals surface area contributed by atoms with Crippen LogP contribution in [0.2, 0.25) is 5.02 Å². The summed E-state index contributed by atoms with van der Waals surface area (Å²) < 4.78 is 27.1. The molecule has 2 aromatic rings. The van der Waals surface area contributed by atoms with E-state index in [0.29, 0.717) is 15.7 Å². The van der Waals surface area contributed by atoms with E-state index in [1.807, 2.05) is 19.2 Å². The van der Waals surface area contributed by atoms with Gasteiger partial charge in [-0.3, -0.25) is 4.72 Å². The zero-order chi connectivity index (χ0) is 15.6. The molecular formula is C13H16ClN3O2S2. The number of thiazole rings is 1. The minimum atomic E-state index is -3.69. The van der Waals surface area contributed by atoms with Gasteiger partial charge < -0.3 is 5.73 Å². The fraction of sp³-hybridized carbons (Fsp3) is 0.308. The summed E-state index contributed by atoms with van der Waals surface area (Å²) in [4.78, 5) is 4.38. The van der Waals surface area contributed by atoms with Crippen molar-refractivity contribution in [1.82, 2.24) is 4.98 Å². The molecule has 3 N–H and O–H groups in total. The molecule has 1 aromatic heterocycles. The molecule has 0 bridgehead atoms. The number of sulfonamides is 1. The average molecular weight is 346 g/mol. The lowest BCUT2D eigenvalue weighted by atomic mass is 10.2. The quantitative estimate of drug-likeness (QED) is 0.871. The number of nitrogens with two attached hydrogens (primary N) is 1. The molecule has 1 aromatic carbocycles. The van der Waals surface area contributed by atoms with Crippen molar-refractivity contribution < 1.29 is 8.42 Å². The number of anilines is 1. The molecule has 0 saturated heterocycles. The number of aromatic nitrogens is 1. The lowest BCUT2D eigenvalue weighted by Crippen LogP contribution is -2.13. The van der Waals surface area contributed by atoms with Crippen LogP contribution >= 0.6 is 22.9 Å². The predicted molar refractivity (Wildman–Crippen MR) is 86.4 cm³/mol. The van der Waals surface area contributed by atoms with Crippen LogP contribution in [0.4, 0.5) is 5.13 Å². The van der Waals surface area contributed by atoms with E-state index in [9.17, 15) is 8.42 Å². The van der Waals surface area contributed by atoms with Crippen molar-refractivity contribution in [2.45, 2.75) is 31.2 Å². The van der Waals surface area contributed by atoms with Gasteiger partial charge in [0.2, 0.25) is 0 Å². The highest BCUT2D eigenvalue weighted by atomic mass is 35.5. The van der Waals surface area contributed by atoms with Gasteiger partial charge in [-0.15, -0.1) is 11.3 Å². The smallest absolute Gasteiger partial charge is 0.263 e. The first kappa shape index (κ1) is 16.2. The van der Waals surface area contributed by atoms with E-state index in [1.165, 1.54) is 29.5 Å². The number of nitrogens with zero attached hydrogens (tertiary/aromatic N) is 1. The van der Waals surface area contributed by atoms with E-state index in [4.69, 9.17) is 17.3 Å². The van der Waals surface area contributed by atoms with E-state index < -0.39 is 10.0 Å². The van der Waals surface area contributed by atoms with E-state index >= 15 is 0 Å². The van der Waals surface area contributed by atoms with Crippen molar-refractivity contribution in [3.63, 3.8) is 0 Å². The molecule has 0 spiro atoms. The first-order valence-corrected chi connectivity index (χ1v) is 9.04. The molecule has 0 fully saturated rings. The summed E-state index contributed by atoms with van der Waals surface area (Å²) in [7, 11) is -3.69. The second-order valence-corrected chi connectivity index (χ2v) is 7.74. The van der Waals surface area contributed by atoms with Gasteiger partial charge in [0.1, 0.15) is 0 Å². The molecule has 0 saturated carbocycles. The maximum atomic E-state index is 12.3. The topological polar surface area (TPSA) is 85.1 Å². The van der Waals surface area contributed by atoms with E-state index in [0.717, 1.165) is 5.69 Å². The van der Waals surface area contributed by atoms with Gasteiger partial charge in [0.15, 0.2) is 5.13 Å². The number of rotatable bonds is 5. The van der Waals surface area contributed by atoms with Gasteiger partial charge in [-0.05, 0) is 29.7 Å². The van der Waals surface area contributed by atoms with Crippen LogP contribution in [0, 0.1) is 0 Å². The van der Waals surface area contributed by atoms with Crippen molar-refractivity contribution in [3.05, 3.63) is 39.9 Å². The summed E-state index contributed by atoms with van der Waals surface area (Å²) in [6.45, 7) is 4.18. The largest absolute Gasteiger partial charge is 0.326 e. The van der Waals surface area contributed by atoms with Gasteiger partial charge >= 0.3 is 0 Å². The summed E-state index contributed by atoms with van der Waals surface area (Å²) >= 11 is 7.20. The van der Waals surface area contributed by atoms with Crippen LogP contribution in [0.15, 0.2) is 28.5 Å². The zero-order valence-corrected chi connectivity index (χ0v) is 14.0. The van der Waals surface area contributed by atoms with Crippen molar-refractivity contribution >= 4 is 38.1 Å². The van der Waals surface area contributed by atoms with E-state index in [1.54, 1.807) is 0 Å². The third kappa shape index (κ3) is 3.74. The SMILES string of the molecule is CC(C)c1csc(NS(=O)(=O)c2ccc(Cl)c(CN)c2)n1. The van der Waals surface area contributed by atoms with Crippen LogP contribution in [0.1, 0.15) is 31.0 Å². The summed E-state index contributed by atoms with van der Waals surface area (Å²) in [6, 6.07) is 4.45.